The van der Waals surface area contributed by atoms with Crippen LogP contribution in [0.1, 0.15) is 0 Å². The van der Waals surface area contributed by atoms with Gasteiger partial charge in [0.15, 0.2) is 0 Å². The third-order valence-electron chi connectivity index (χ3n) is 9.37. The highest BCUT2D eigenvalue weighted by atomic mass is 15.4. The zero-order valence-electron chi connectivity index (χ0n) is 26.2. The predicted octanol–water partition coefficient (Wildman–Crippen LogP) is 9.59. The number of nitrogens with zero attached hydrogens (tertiary/aromatic N) is 7. The molecule has 5 heterocycles. The minimum absolute atomic E-state index is 0.773. The lowest BCUT2D eigenvalue weighted by atomic mass is 10.0. The molecule has 230 valence electrons. The van der Waals surface area contributed by atoms with Gasteiger partial charge in [0.05, 0.1) is 34.0 Å². The molecule has 49 heavy (non-hydrogen) atoms. The molecule has 10 aromatic rings. The summed E-state index contributed by atoms with van der Waals surface area (Å²) in [6.07, 6.45) is 7.18. The number of fused-ring (bicyclic) bond motifs is 6. The first-order chi connectivity index (χ1) is 24.3. The van der Waals surface area contributed by atoms with Crippen molar-refractivity contribution in [3.05, 3.63) is 164 Å². The lowest BCUT2D eigenvalue weighted by Crippen LogP contribution is -2.00. The molecule has 0 amide bonds. The van der Waals surface area contributed by atoms with Gasteiger partial charge >= 0.3 is 0 Å². The van der Waals surface area contributed by atoms with E-state index in [-0.39, 0.29) is 0 Å². The molecule has 10 rings (SSSR count). The van der Waals surface area contributed by atoms with Crippen LogP contribution in [-0.2, 0) is 0 Å². The van der Waals surface area contributed by atoms with Crippen molar-refractivity contribution in [3.8, 4) is 39.6 Å². The first-order valence-electron chi connectivity index (χ1n) is 16.2. The molecule has 0 saturated heterocycles. The summed E-state index contributed by atoms with van der Waals surface area (Å²) in [7, 11) is 0. The van der Waals surface area contributed by atoms with Crippen LogP contribution < -0.4 is 0 Å². The molecule has 7 heteroatoms. The fourth-order valence-corrected chi connectivity index (χ4v) is 7.27. The van der Waals surface area contributed by atoms with Crippen molar-refractivity contribution in [3.63, 3.8) is 0 Å². The second-order valence-corrected chi connectivity index (χ2v) is 12.1. The van der Waals surface area contributed by atoms with Crippen LogP contribution in [0.2, 0.25) is 0 Å². The maximum Gasteiger partial charge on any atom is 0.121 e. The lowest BCUT2D eigenvalue weighted by molar-refractivity contribution is 0.804. The standard InChI is InChI=1S/C42H27N7/c1-4-17-37-33(14-1)34-15-2-5-18-38(34)47(37)30-11-7-12-31(25-30)48-39-19-6-3-16-35(39)36-21-20-28(24-40(36)48)41-42(29-10-8-22-43-26-29)49(46-45-41)32-13-9-23-44-27-32/h1-27H. The molecule has 0 unspecified atom stereocenters. The third-order valence-corrected chi connectivity index (χ3v) is 9.37. The second-order valence-electron chi connectivity index (χ2n) is 12.1. The summed E-state index contributed by atoms with van der Waals surface area (Å²) in [6.45, 7) is 0. The van der Waals surface area contributed by atoms with Crippen LogP contribution in [0, 0.1) is 0 Å². The van der Waals surface area contributed by atoms with Crippen LogP contribution in [0.3, 0.4) is 0 Å². The Bertz CT molecular complexity index is 2770. The smallest absolute Gasteiger partial charge is 0.121 e. The molecule has 0 radical (unpaired) electrons. The van der Waals surface area contributed by atoms with Gasteiger partial charge in [0.1, 0.15) is 11.4 Å². The summed E-state index contributed by atoms with van der Waals surface area (Å²) in [4.78, 5) is 8.76. The lowest BCUT2D eigenvalue weighted by Gasteiger charge is -2.13. The number of hydrogen-bond acceptors (Lipinski definition) is 4. The molecule has 7 nitrogen and oxygen atoms in total. The Hall–Kier alpha value is -6.86. The van der Waals surface area contributed by atoms with E-state index in [1.807, 2.05) is 35.1 Å². The van der Waals surface area contributed by atoms with Crippen molar-refractivity contribution in [2.45, 2.75) is 0 Å². The van der Waals surface area contributed by atoms with Gasteiger partial charge in [-0.05, 0) is 66.7 Å². The Balaban J connectivity index is 1.21. The fraction of sp³-hybridized carbons (Fsp3) is 0. The number of aromatic nitrogens is 7. The number of pyridine rings is 2. The normalized spacial score (nSPS) is 11.7. The van der Waals surface area contributed by atoms with E-state index in [1.54, 1.807) is 18.6 Å². The van der Waals surface area contributed by atoms with Crippen molar-refractivity contribution >= 4 is 43.6 Å². The number of para-hydroxylation sites is 3. The molecule has 0 aliphatic heterocycles. The maximum atomic E-state index is 4.75. The predicted molar refractivity (Wildman–Crippen MR) is 196 cm³/mol. The van der Waals surface area contributed by atoms with Crippen LogP contribution >= 0.6 is 0 Å². The van der Waals surface area contributed by atoms with Gasteiger partial charge in [-0.15, -0.1) is 5.10 Å². The van der Waals surface area contributed by atoms with Gasteiger partial charge in [-0.3, -0.25) is 9.97 Å². The van der Waals surface area contributed by atoms with Gasteiger partial charge in [-0.1, -0.05) is 78.0 Å². The third kappa shape index (κ3) is 4.22. The van der Waals surface area contributed by atoms with E-state index < -0.39 is 0 Å². The van der Waals surface area contributed by atoms with Crippen LogP contribution in [0.4, 0.5) is 0 Å². The highest BCUT2D eigenvalue weighted by Gasteiger charge is 2.21. The Morgan fingerprint density at radius 2 is 0.980 bits per heavy atom. The van der Waals surface area contributed by atoms with Gasteiger partial charge in [0.25, 0.3) is 0 Å². The second kappa shape index (κ2) is 10.9. The van der Waals surface area contributed by atoms with E-state index >= 15 is 0 Å². The van der Waals surface area contributed by atoms with Crippen LogP contribution in [0.5, 0.6) is 0 Å². The summed E-state index contributed by atoms with van der Waals surface area (Å²) in [5.41, 5.74) is 11.1. The molecule has 0 fully saturated rings. The molecule has 0 saturated carbocycles. The quantitative estimate of drug-likeness (QED) is 0.190. The van der Waals surface area contributed by atoms with Gasteiger partial charge in [0, 0.05) is 62.6 Å². The first kappa shape index (κ1) is 27.3. The minimum Gasteiger partial charge on any atom is -0.309 e. The van der Waals surface area contributed by atoms with Crippen molar-refractivity contribution in [2.24, 2.45) is 0 Å². The molecule has 0 spiro atoms. The summed E-state index contributed by atoms with van der Waals surface area (Å²) < 4.78 is 6.57. The van der Waals surface area contributed by atoms with E-state index in [1.165, 1.54) is 32.6 Å². The molecular formula is C42H27N7. The topological polar surface area (TPSA) is 66.3 Å². The Kier molecular flexibility index (Phi) is 6.04. The van der Waals surface area contributed by atoms with Gasteiger partial charge < -0.3 is 9.13 Å². The molecule has 0 N–H and O–H groups in total. The van der Waals surface area contributed by atoms with Crippen molar-refractivity contribution < 1.29 is 0 Å². The zero-order valence-corrected chi connectivity index (χ0v) is 26.2. The first-order valence-corrected chi connectivity index (χ1v) is 16.2. The van der Waals surface area contributed by atoms with Crippen molar-refractivity contribution in [2.75, 3.05) is 0 Å². The molecule has 0 bridgehead atoms. The molecular weight excluding hydrogens is 603 g/mol. The summed E-state index contributed by atoms with van der Waals surface area (Å²) >= 11 is 0. The highest BCUT2D eigenvalue weighted by molar-refractivity contribution is 6.11. The van der Waals surface area contributed by atoms with Gasteiger partial charge in [0.2, 0.25) is 0 Å². The Labute approximate surface area is 281 Å². The largest absolute Gasteiger partial charge is 0.309 e. The molecule has 0 atom stereocenters. The van der Waals surface area contributed by atoms with E-state index in [4.69, 9.17) is 5.10 Å². The van der Waals surface area contributed by atoms with Crippen LogP contribution in [-0.4, -0.2) is 34.1 Å². The number of benzene rings is 5. The van der Waals surface area contributed by atoms with E-state index in [0.717, 1.165) is 50.6 Å². The molecule has 0 aliphatic carbocycles. The monoisotopic (exact) mass is 629 g/mol. The van der Waals surface area contributed by atoms with Crippen molar-refractivity contribution in [1.29, 1.82) is 0 Å². The highest BCUT2D eigenvalue weighted by Crippen LogP contribution is 2.38. The van der Waals surface area contributed by atoms with Gasteiger partial charge in [-0.2, -0.15) is 0 Å². The molecule has 5 aromatic heterocycles. The Morgan fingerprint density at radius 3 is 1.59 bits per heavy atom. The minimum atomic E-state index is 0.773. The molecule has 0 aliphatic rings. The summed E-state index contributed by atoms with van der Waals surface area (Å²) in [5.74, 6) is 0. The number of rotatable bonds is 5. The number of hydrogen-bond donors (Lipinski definition) is 0. The van der Waals surface area contributed by atoms with E-state index in [0.29, 0.717) is 0 Å². The van der Waals surface area contributed by atoms with Crippen molar-refractivity contribution in [1.82, 2.24) is 34.1 Å². The van der Waals surface area contributed by atoms with E-state index in [2.05, 4.69) is 140 Å². The van der Waals surface area contributed by atoms with E-state index in [9.17, 15) is 0 Å². The van der Waals surface area contributed by atoms with Gasteiger partial charge in [-0.25, -0.2) is 4.68 Å². The van der Waals surface area contributed by atoms with Crippen LogP contribution in [0.25, 0.3) is 83.2 Å². The Morgan fingerprint density at radius 1 is 0.408 bits per heavy atom. The fourth-order valence-electron chi connectivity index (χ4n) is 7.27. The average Bonchev–Trinajstić information content (AvgIpc) is 3.86. The molecule has 5 aromatic carbocycles. The van der Waals surface area contributed by atoms with Crippen LogP contribution in [0.15, 0.2) is 164 Å². The maximum absolute atomic E-state index is 4.75. The zero-order chi connectivity index (χ0) is 32.3. The average molecular weight is 630 g/mol. The summed E-state index contributed by atoms with van der Waals surface area (Å²) in [5, 5.41) is 14.2. The SMILES string of the molecule is c1cncc(-c2c(-c3ccc4c5ccccc5n(-c5cccc(-n6c7ccccc7c7ccccc76)c5)c4c3)nnn2-c2cccnc2)c1. The summed E-state index contributed by atoms with van der Waals surface area (Å²) in [6, 6.07) is 49.1.